The molecule has 0 amide bonds. The minimum absolute atomic E-state index is 0.852. The molecular formula is C16H17N5S. The van der Waals surface area contributed by atoms with Gasteiger partial charge in [-0.1, -0.05) is 6.07 Å². The Labute approximate surface area is 133 Å². The number of hydrogen-bond donors (Lipinski definition) is 1. The molecule has 22 heavy (non-hydrogen) atoms. The van der Waals surface area contributed by atoms with Gasteiger partial charge in [-0.25, -0.2) is 15.0 Å². The van der Waals surface area contributed by atoms with Gasteiger partial charge in [0.2, 0.25) is 0 Å². The molecule has 0 saturated heterocycles. The number of nitrogens with zero attached hydrogens (tertiary/aromatic N) is 4. The summed E-state index contributed by atoms with van der Waals surface area (Å²) in [6.07, 6.45) is 4.72. The standard InChI is InChI=1S/C16H17N5S/c1-11-14(19-10-18-11)9-21-5-4-13-12(8-21)7-17-16(20-13)15-3-2-6-22-15/h2-3,6-7,10H,4-5,8-9H2,1H3,(H,18,19). The van der Waals surface area contributed by atoms with Crippen LogP contribution in [-0.2, 0) is 19.5 Å². The van der Waals surface area contributed by atoms with Crippen molar-refractivity contribution in [2.75, 3.05) is 6.54 Å². The Bertz CT molecular complexity index is 778. The topological polar surface area (TPSA) is 57.7 Å². The first-order valence-electron chi connectivity index (χ1n) is 7.39. The average Bonchev–Trinajstić information content (AvgIpc) is 3.19. The molecule has 0 spiro atoms. The molecule has 1 N–H and O–H groups in total. The van der Waals surface area contributed by atoms with E-state index in [0.29, 0.717) is 0 Å². The lowest BCUT2D eigenvalue weighted by molar-refractivity contribution is 0.240. The molecule has 0 saturated carbocycles. The Hall–Kier alpha value is -2.05. The number of H-pyrrole nitrogens is 1. The Morgan fingerprint density at radius 2 is 2.32 bits per heavy atom. The van der Waals surface area contributed by atoms with E-state index in [4.69, 9.17) is 4.98 Å². The second-order valence-corrected chi connectivity index (χ2v) is 6.53. The molecule has 112 valence electrons. The summed E-state index contributed by atoms with van der Waals surface area (Å²) in [5.74, 6) is 0.852. The van der Waals surface area contributed by atoms with Crippen molar-refractivity contribution in [3.8, 4) is 10.7 Å². The summed E-state index contributed by atoms with van der Waals surface area (Å²) in [6, 6.07) is 4.11. The highest BCUT2D eigenvalue weighted by molar-refractivity contribution is 7.13. The molecule has 1 aliphatic rings. The molecule has 0 bridgehead atoms. The fraction of sp³-hybridized carbons (Fsp3) is 0.312. The molecule has 3 aromatic heterocycles. The van der Waals surface area contributed by atoms with E-state index in [9.17, 15) is 0 Å². The van der Waals surface area contributed by atoms with Crippen molar-refractivity contribution >= 4 is 11.3 Å². The quantitative estimate of drug-likeness (QED) is 0.808. The Morgan fingerprint density at radius 3 is 3.09 bits per heavy atom. The van der Waals surface area contributed by atoms with Gasteiger partial charge in [-0.2, -0.15) is 0 Å². The van der Waals surface area contributed by atoms with Crippen LogP contribution in [0.15, 0.2) is 30.0 Å². The van der Waals surface area contributed by atoms with Crippen LogP contribution in [0.1, 0.15) is 22.6 Å². The van der Waals surface area contributed by atoms with Crippen LogP contribution in [0.25, 0.3) is 10.7 Å². The van der Waals surface area contributed by atoms with Gasteiger partial charge >= 0.3 is 0 Å². The van der Waals surface area contributed by atoms with Crippen molar-refractivity contribution in [3.63, 3.8) is 0 Å². The summed E-state index contributed by atoms with van der Waals surface area (Å²) in [5.41, 5.74) is 4.70. The third kappa shape index (κ3) is 2.55. The van der Waals surface area contributed by atoms with Crippen LogP contribution in [0.2, 0.25) is 0 Å². The van der Waals surface area contributed by atoms with Crippen LogP contribution in [0.5, 0.6) is 0 Å². The zero-order valence-corrected chi connectivity index (χ0v) is 13.2. The number of aromatic nitrogens is 4. The molecule has 0 radical (unpaired) electrons. The first-order valence-corrected chi connectivity index (χ1v) is 8.27. The summed E-state index contributed by atoms with van der Waals surface area (Å²) in [5, 5.41) is 2.06. The fourth-order valence-electron chi connectivity index (χ4n) is 2.79. The SMILES string of the molecule is Cc1[nH]cnc1CN1CCc2nc(-c3cccs3)ncc2C1. The summed E-state index contributed by atoms with van der Waals surface area (Å²) >= 11 is 1.68. The van der Waals surface area contributed by atoms with Crippen LogP contribution in [0.4, 0.5) is 0 Å². The maximum atomic E-state index is 4.76. The zero-order valence-electron chi connectivity index (χ0n) is 12.4. The van der Waals surface area contributed by atoms with Crippen molar-refractivity contribution in [1.29, 1.82) is 0 Å². The van der Waals surface area contributed by atoms with Crippen LogP contribution >= 0.6 is 11.3 Å². The second kappa shape index (κ2) is 5.62. The Morgan fingerprint density at radius 1 is 1.36 bits per heavy atom. The second-order valence-electron chi connectivity index (χ2n) is 5.58. The molecule has 5 nitrogen and oxygen atoms in total. The molecule has 3 aromatic rings. The van der Waals surface area contributed by atoms with Gasteiger partial charge in [-0.3, -0.25) is 4.90 Å². The van der Waals surface area contributed by atoms with Crippen LogP contribution in [0, 0.1) is 6.92 Å². The van der Waals surface area contributed by atoms with Crippen molar-refractivity contribution in [2.45, 2.75) is 26.4 Å². The van der Waals surface area contributed by atoms with Crippen molar-refractivity contribution in [2.24, 2.45) is 0 Å². The van der Waals surface area contributed by atoms with Crippen molar-refractivity contribution in [3.05, 3.63) is 52.7 Å². The van der Waals surface area contributed by atoms with E-state index in [2.05, 4.69) is 38.2 Å². The van der Waals surface area contributed by atoms with E-state index in [-0.39, 0.29) is 0 Å². The largest absolute Gasteiger partial charge is 0.348 e. The first kappa shape index (κ1) is 13.6. The van der Waals surface area contributed by atoms with Gasteiger partial charge in [0.15, 0.2) is 5.82 Å². The predicted octanol–water partition coefficient (Wildman–Crippen LogP) is 2.79. The summed E-state index contributed by atoms with van der Waals surface area (Å²) < 4.78 is 0. The highest BCUT2D eigenvalue weighted by atomic mass is 32.1. The van der Waals surface area contributed by atoms with E-state index >= 15 is 0 Å². The minimum atomic E-state index is 0.852. The van der Waals surface area contributed by atoms with Gasteiger partial charge in [-0.05, 0) is 18.4 Å². The maximum absolute atomic E-state index is 4.76. The molecule has 4 rings (SSSR count). The molecule has 0 aliphatic carbocycles. The van der Waals surface area contributed by atoms with E-state index in [1.54, 1.807) is 17.7 Å². The van der Waals surface area contributed by atoms with Gasteiger partial charge in [-0.15, -0.1) is 11.3 Å². The molecule has 0 aromatic carbocycles. The van der Waals surface area contributed by atoms with Crippen LogP contribution in [-0.4, -0.2) is 31.4 Å². The first-order chi connectivity index (χ1) is 10.8. The van der Waals surface area contributed by atoms with Crippen molar-refractivity contribution < 1.29 is 0 Å². The van der Waals surface area contributed by atoms with E-state index < -0.39 is 0 Å². The van der Waals surface area contributed by atoms with E-state index in [1.165, 1.54) is 11.3 Å². The van der Waals surface area contributed by atoms with Gasteiger partial charge in [0.25, 0.3) is 0 Å². The zero-order chi connectivity index (χ0) is 14.9. The number of nitrogens with one attached hydrogen (secondary N) is 1. The summed E-state index contributed by atoms with van der Waals surface area (Å²) in [6.45, 7) is 4.85. The van der Waals surface area contributed by atoms with Crippen LogP contribution in [0.3, 0.4) is 0 Å². The van der Waals surface area contributed by atoms with Crippen LogP contribution < -0.4 is 0 Å². The molecule has 0 unspecified atom stereocenters. The maximum Gasteiger partial charge on any atom is 0.169 e. The monoisotopic (exact) mass is 311 g/mol. The molecule has 1 aliphatic heterocycles. The van der Waals surface area contributed by atoms with Gasteiger partial charge in [0.1, 0.15) is 0 Å². The molecule has 4 heterocycles. The minimum Gasteiger partial charge on any atom is -0.348 e. The number of fused-ring (bicyclic) bond motifs is 1. The summed E-state index contributed by atoms with van der Waals surface area (Å²) in [4.78, 5) is 20.4. The lowest BCUT2D eigenvalue weighted by Gasteiger charge is -2.27. The number of thiophene rings is 1. The van der Waals surface area contributed by atoms with Gasteiger partial charge in [0, 0.05) is 43.5 Å². The average molecular weight is 311 g/mol. The number of aryl methyl sites for hydroxylation is 1. The lowest BCUT2D eigenvalue weighted by Crippen LogP contribution is -2.31. The summed E-state index contributed by atoms with van der Waals surface area (Å²) in [7, 11) is 0. The number of rotatable bonds is 3. The molecular weight excluding hydrogens is 294 g/mol. The number of hydrogen-bond acceptors (Lipinski definition) is 5. The third-order valence-corrected chi connectivity index (χ3v) is 4.93. The van der Waals surface area contributed by atoms with E-state index in [1.807, 2.05) is 12.3 Å². The smallest absolute Gasteiger partial charge is 0.169 e. The molecule has 6 heteroatoms. The number of aromatic amines is 1. The highest BCUT2D eigenvalue weighted by Crippen LogP contribution is 2.24. The van der Waals surface area contributed by atoms with Gasteiger partial charge < -0.3 is 4.98 Å². The predicted molar refractivity (Wildman–Crippen MR) is 86.5 cm³/mol. The van der Waals surface area contributed by atoms with Crippen molar-refractivity contribution in [1.82, 2.24) is 24.8 Å². The lowest BCUT2D eigenvalue weighted by atomic mass is 10.1. The van der Waals surface area contributed by atoms with Gasteiger partial charge in [0.05, 0.1) is 22.6 Å². The molecule has 0 fully saturated rings. The Balaban J connectivity index is 1.53. The Kier molecular flexibility index (Phi) is 3.48. The fourth-order valence-corrected chi connectivity index (χ4v) is 3.46. The number of imidazole rings is 1. The molecule has 0 atom stereocenters. The van der Waals surface area contributed by atoms with E-state index in [0.717, 1.165) is 48.1 Å². The normalized spacial score (nSPS) is 15.0. The third-order valence-electron chi connectivity index (χ3n) is 4.06. The highest BCUT2D eigenvalue weighted by Gasteiger charge is 2.20.